The predicted octanol–water partition coefficient (Wildman–Crippen LogP) is 2.78. The van der Waals surface area contributed by atoms with Crippen LogP contribution in [0.1, 0.15) is 43.9 Å². The molecule has 0 aliphatic rings. The number of carbonyl (C=O) groups excluding carboxylic acids is 1. The van der Waals surface area contributed by atoms with Crippen molar-refractivity contribution in [3.8, 4) is 0 Å². The molecule has 0 saturated carbocycles. The second kappa shape index (κ2) is 5.68. The maximum absolute atomic E-state index is 12.8. The van der Waals surface area contributed by atoms with Gasteiger partial charge < -0.3 is 4.90 Å². The average molecular weight is 286 g/mol. The number of aromatic nitrogens is 3. The Bertz CT molecular complexity index is 625. The normalized spacial score (nSPS) is 11.5. The summed E-state index contributed by atoms with van der Waals surface area (Å²) >= 11 is 0. The summed E-state index contributed by atoms with van der Waals surface area (Å²) in [6, 6.07) is 5.55. The second-order valence-electron chi connectivity index (χ2n) is 6.04. The van der Waals surface area contributed by atoms with E-state index in [1.807, 2.05) is 32.2 Å². The van der Waals surface area contributed by atoms with Gasteiger partial charge in [0.2, 0.25) is 0 Å². The van der Waals surface area contributed by atoms with E-state index in [9.17, 15) is 4.79 Å². The fraction of sp³-hybridized carbons (Fsp3) is 0.438. The molecule has 0 fully saturated rings. The van der Waals surface area contributed by atoms with Crippen LogP contribution in [-0.4, -0.2) is 27.2 Å². The molecule has 112 valence electrons. The van der Waals surface area contributed by atoms with Crippen LogP contribution in [0.25, 0.3) is 0 Å². The Labute approximate surface area is 125 Å². The molecule has 0 atom stereocenters. The number of hydrogen-bond donors (Lipinski definition) is 0. The molecule has 2 rings (SSSR count). The lowest BCUT2D eigenvalue weighted by atomic mass is 9.92. The number of pyridine rings is 1. The van der Waals surface area contributed by atoms with Crippen LogP contribution >= 0.6 is 0 Å². The number of rotatable bonds is 3. The monoisotopic (exact) mass is 286 g/mol. The van der Waals surface area contributed by atoms with Crippen molar-refractivity contribution < 1.29 is 4.79 Å². The van der Waals surface area contributed by atoms with Crippen LogP contribution in [0.2, 0.25) is 0 Å². The lowest BCUT2D eigenvalue weighted by Gasteiger charge is -2.20. The zero-order valence-corrected chi connectivity index (χ0v) is 13.3. The van der Waals surface area contributed by atoms with E-state index >= 15 is 0 Å². The molecule has 0 aliphatic heterocycles. The number of anilines is 1. The number of hydrogen-bond acceptors (Lipinski definition) is 3. The lowest BCUT2D eigenvalue weighted by Crippen LogP contribution is -2.32. The van der Waals surface area contributed by atoms with Gasteiger partial charge >= 0.3 is 0 Å². The van der Waals surface area contributed by atoms with Crippen molar-refractivity contribution in [1.29, 1.82) is 0 Å². The first kappa shape index (κ1) is 15.2. The van der Waals surface area contributed by atoms with Gasteiger partial charge in [0.25, 0.3) is 5.91 Å². The van der Waals surface area contributed by atoms with Gasteiger partial charge in [-0.05, 0) is 25.1 Å². The average Bonchev–Trinajstić information content (AvgIpc) is 2.83. The van der Waals surface area contributed by atoms with Crippen LogP contribution in [-0.2, 0) is 12.5 Å². The van der Waals surface area contributed by atoms with E-state index in [0.717, 1.165) is 11.4 Å². The third-order valence-corrected chi connectivity index (χ3v) is 3.40. The molecule has 5 heteroatoms. The zero-order valence-electron chi connectivity index (χ0n) is 13.3. The van der Waals surface area contributed by atoms with Crippen LogP contribution in [0, 0.1) is 0 Å². The zero-order chi connectivity index (χ0) is 15.6. The summed E-state index contributed by atoms with van der Waals surface area (Å²) in [7, 11) is 1.81. The standard InChI is InChI=1S/C16H22N4O/c1-6-20(12-7-9-17-10-8-12)15(21)13-11-14(16(2,3)4)18-19(13)5/h7-11H,6H2,1-5H3. The summed E-state index contributed by atoms with van der Waals surface area (Å²) in [6.45, 7) is 8.82. The third kappa shape index (κ3) is 3.12. The van der Waals surface area contributed by atoms with E-state index in [1.165, 1.54) is 0 Å². The summed E-state index contributed by atoms with van der Waals surface area (Å²) in [5.41, 5.74) is 2.28. The highest BCUT2D eigenvalue weighted by molar-refractivity contribution is 6.05. The summed E-state index contributed by atoms with van der Waals surface area (Å²) < 4.78 is 1.66. The maximum Gasteiger partial charge on any atom is 0.276 e. The molecule has 0 spiro atoms. The minimum absolute atomic E-state index is 0.0470. The van der Waals surface area contributed by atoms with Crippen LogP contribution < -0.4 is 4.90 Å². The van der Waals surface area contributed by atoms with Gasteiger partial charge in [-0.15, -0.1) is 0 Å². The molecule has 0 aromatic carbocycles. The van der Waals surface area contributed by atoms with Crippen LogP contribution in [0.15, 0.2) is 30.6 Å². The molecule has 0 radical (unpaired) electrons. The number of nitrogens with zero attached hydrogens (tertiary/aromatic N) is 4. The molecule has 0 N–H and O–H groups in total. The van der Waals surface area contributed by atoms with Gasteiger partial charge in [-0.25, -0.2) is 0 Å². The molecule has 2 heterocycles. The molecular formula is C16H22N4O. The van der Waals surface area contributed by atoms with Gasteiger partial charge in [-0.1, -0.05) is 20.8 Å². The number of carbonyl (C=O) groups is 1. The van der Waals surface area contributed by atoms with E-state index in [2.05, 4.69) is 30.9 Å². The Balaban J connectivity index is 2.37. The predicted molar refractivity (Wildman–Crippen MR) is 83.5 cm³/mol. The highest BCUT2D eigenvalue weighted by atomic mass is 16.2. The van der Waals surface area contributed by atoms with Gasteiger partial charge in [-0.3, -0.25) is 14.5 Å². The van der Waals surface area contributed by atoms with Crippen molar-refractivity contribution in [3.63, 3.8) is 0 Å². The minimum atomic E-state index is -0.0794. The Morgan fingerprint density at radius 2 is 1.90 bits per heavy atom. The van der Waals surface area contributed by atoms with Gasteiger partial charge in [-0.2, -0.15) is 5.10 Å². The fourth-order valence-electron chi connectivity index (χ4n) is 2.14. The van der Waals surface area contributed by atoms with E-state index < -0.39 is 0 Å². The minimum Gasteiger partial charge on any atom is -0.307 e. The summed E-state index contributed by atoms with van der Waals surface area (Å²) in [4.78, 5) is 18.5. The SMILES string of the molecule is CCN(C(=O)c1cc(C(C)(C)C)nn1C)c1ccncc1. The van der Waals surface area contributed by atoms with Crippen LogP contribution in [0.3, 0.4) is 0 Å². The largest absolute Gasteiger partial charge is 0.307 e. The summed E-state index contributed by atoms with van der Waals surface area (Å²) in [5, 5.41) is 4.47. The second-order valence-corrected chi connectivity index (χ2v) is 6.04. The van der Waals surface area contributed by atoms with E-state index in [-0.39, 0.29) is 11.3 Å². The van der Waals surface area contributed by atoms with Crippen molar-refractivity contribution in [2.24, 2.45) is 7.05 Å². The molecule has 2 aromatic rings. The number of aryl methyl sites for hydroxylation is 1. The van der Waals surface area contributed by atoms with Gasteiger partial charge in [0.05, 0.1) is 5.69 Å². The summed E-state index contributed by atoms with van der Waals surface area (Å²) in [5.74, 6) is -0.0470. The van der Waals surface area contributed by atoms with Crippen molar-refractivity contribution in [1.82, 2.24) is 14.8 Å². The van der Waals surface area contributed by atoms with Gasteiger partial charge in [0.15, 0.2) is 0 Å². The fourth-order valence-corrected chi connectivity index (χ4v) is 2.14. The molecule has 0 saturated heterocycles. The van der Waals surface area contributed by atoms with Gasteiger partial charge in [0, 0.05) is 37.1 Å². The highest BCUT2D eigenvalue weighted by Crippen LogP contribution is 2.23. The van der Waals surface area contributed by atoms with Crippen molar-refractivity contribution >= 4 is 11.6 Å². The maximum atomic E-state index is 12.8. The quantitative estimate of drug-likeness (QED) is 0.871. The molecule has 0 aliphatic carbocycles. The summed E-state index contributed by atoms with van der Waals surface area (Å²) in [6.07, 6.45) is 3.38. The molecule has 0 bridgehead atoms. The van der Waals surface area contributed by atoms with Crippen molar-refractivity contribution in [2.45, 2.75) is 33.1 Å². The molecule has 1 amide bonds. The molecule has 2 aromatic heterocycles. The first-order valence-electron chi connectivity index (χ1n) is 7.11. The number of amides is 1. The van der Waals surface area contributed by atoms with Gasteiger partial charge in [0.1, 0.15) is 5.69 Å². The highest BCUT2D eigenvalue weighted by Gasteiger charge is 2.24. The van der Waals surface area contributed by atoms with E-state index in [4.69, 9.17) is 0 Å². The molecule has 5 nitrogen and oxygen atoms in total. The van der Waals surface area contributed by atoms with Crippen LogP contribution in [0.4, 0.5) is 5.69 Å². The smallest absolute Gasteiger partial charge is 0.276 e. The Morgan fingerprint density at radius 1 is 1.29 bits per heavy atom. The molecular weight excluding hydrogens is 264 g/mol. The molecule has 21 heavy (non-hydrogen) atoms. The van der Waals surface area contributed by atoms with Crippen molar-refractivity contribution in [3.05, 3.63) is 42.0 Å². The molecule has 0 unspecified atom stereocenters. The first-order chi connectivity index (χ1) is 9.84. The Hall–Kier alpha value is -2.17. The Kier molecular flexibility index (Phi) is 4.11. The van der Waals surface area contributed by atoms with E-state index in [1.54, 1.807) is 22.0 Å². The van der Waals surface area contributed by atoms with E-state index in [0.29, 0.717) is 12.2 Å². The van der Waals surface area contributed by atoms with Crippen LogP contribution in [0.5, 0.6) is 0 Å². The third-order valence-electron chi connectivity index (χ3n) is 3.40. The first-order valence-corrected chi connectivity index (χ1v) is 7.11. The Morgan fingerprint density at radius 3 is 2.38 bits per heavy atom. The topological polar surface area (TPSA) is 51.0 Å². The van der Waals surface area contributed by atoms with Crippen molar-refractivity contribution in [2.75, 3.05) is 11.4 Å². The lowest BCUT2D eigenvalue weighted by molar-refractivity contribution is 0.0979.